The fourth-order valence-electron chi connectivity index (χ4n) is 2.12. The highest BCUT2D eigenvalue weighted by Gasteiger charge is 2.57. The highest BCUT2D eigenvalue weighted by molar-refractivity contribution is 14.1. The van der Waals surface area contributed by atoms with Gasteiger partial charge in [0.2, 0.25) is 0 Å². The summed E-state index contributed by atoms with van der Waals surface area (Å²) in [6.07, 6.45) is -11.3. The van der Waals surface area contributed by atoms with Gasteiger partial charge >= 0.3 is 12.4 Å². The van der Waals surface area contributed by atoms with Crippen molar-refractivity contribution in [2.45, 2.75) is 31.3 Å². The van der Waals surface area contributed by atoms with E-state index in [1.807, 2.05) is 0 Å². The second kappa shape index (κ2) is 9.61. The maximum atomic E-state index is 14.2. The fourth-order valence-corrected chi connectivity index (χ4v) is 2.58. The van der Waals surface area contributed by atoms with Gasteiger partial charge in [-0.15, -0.1) is 0 Å². The number of likely N-dealkylation sites (N-methyl/N-ethyl adjacent to an activating group) is 1. The minimum atomic E-state index is -5.51. The van der Waals surface area contributed by atoms with Crippen LogP contribution in [0.15, 0.2) is 45.8 Å². The molecule has 0 fully saturated rings. The van der Waals surface area contributed by atoms with Crippen molar-refractivity contribution >= 4 is 28.5 Å². The van der Waals surface area contributed by atoms with E-state index in [2.05, 4.69) is 5.32 Å². The molecule has 3 nitrogen and oxygen atoms in total. The van der Waals surface area contributed by atoms with Crippen LogP contribution in [0.2, 0.25) is 0 Å². The molecule has 0 aliphatic carbocycles. The molecule has 1 aromatic carbocycles. The van der Waals surface area contributed by atoms with Crippen LogP contribution >= 0.6 is 22.6 Å². The molecule has 11 heteroatoms. The zero-order valence-electron chi connectivity index (χ0n) is 14.5. The molecule has 0 saturated carbocycles. The second-order valence-corrected chi connectivity index (χ2v) is 6.14. The number of ether oxygens (including phenoxy) is 1. The number of hydrogen-bond donors (Lipinski definition) is 1. The zero-order valence-corrected chi connectivity index (χ0v) is 16.6. The normalized spacial score (nSPS) is 14.8. The van der Waals surface area contributed by atoms with Crippen molar-refractivity contribution < 1.29 is 40.3 Å². The molecule has 1 N–H and O–H groups in total. The van der Waals surface area contributed by atoms with Gasteiger partial charge in [-0.05, 0) is 34.8 Å². The number of rotatable bonds is 6. The van der Waals surface area contributed by atoms with Gasteiger partial charge in [0.25, 0.3) is 5.91 Å². The van der Waals surface area contributed by atoms with Gasteiger partial charge in [-0.2, -0.15) is 26.3 Å². The minimum Gasteiger partial charge on any atom is -0.484 e. The SMILES string of the molecule is CNC(=O)C(=C/I)/C=C(/F)C(C)Oc1ccc(C(C(F)(F)F)C(F)(F)F)cc1. The summed E-state index contributed by atoms with van der Waals surface area (Å²) >= 11 is 1.73. The first-order chi connectivity index (χ1) is 12.8. The molecule has 1 aromatic rings. The first-order valence-electron chi connectivity index (χ1n) is 7.60. The van der Waals surface area contributed by atoms with Crippen molar-refractivity contribution in [1.82, 2.24) is 5.32 Å². The lowest BCUT2D eigenvalue weighted by Crippen LogP contribution is -2.34. The molecule has 1 rings (SSSR count). The molecular weight excluding hydrogens is 510 g/mol. The van der Waals surface area contributed by atoms with Gasteiger partial charge in [0.15, 0.2) is 5.92 Å². The van der Waals surface area contributed by atoms with Gasteiger partial charge in [0, 0.05) is 12.6 Å². The molecule has 0 spiro atoms. The number of carbonyl (C=O) groups excluding carboxylic acids is 1. The van der Waals surface area contributed by atoms with Crippen LogP contribution in [0.1, 0.15) is 18.4 Å². The Balaban J connectivity index is 2.99. The second-order valence-electron chi connectivity index (χ2n) is 5.52. The average molecular weight is 525 g/mol. The number of halogens is 8. The van der Waals surface area contributed by atoms with Crippen LogP contribution < -0.4 is 10.1 Å². The van der Waals surface area contributed by atoms with Crippen molar-refractivity contribution in [1.29, 1.82) is 0 Å². The Bertz CT molecular complexity index is 725. The predicted octanol–water partition coefficient (Wildman–Crippen LogP) is 5.58. The summed E-state index contributed by atoms with van der Waals surface area (Å²) < 4.78 is 97.0. The van der Waals surface area contributed by atoms with Gasteiger partial charge in [0.1, 0.15) is 17.7 Å². The quantitative estimate of drug-likeness (QED) is 0.228. The maximum Gasteiger partial charge on any atom is 0.404 e. The standard InChI is InChI=1S/C17H15F7INO2/c1-9(13(18)7-11(8-25)15(27)26-2)28-12-5-3-10(4-6-12)14(16(19,20)21)17(22,23)24/h3-9,14H,1-2H3,(H,26,27)/b11-8+,13-7+. The molecule has 0 aliphatic rings. The van der Waals surface area contributed by atoms with Crippen molar-refractivity contribution in [2.24, 2.45) is 0 Å². The van der Waals surface area contributed by atoms with Crippen molar-refractivity contribution in [3.63, 3.8) is 0 Å². The Morgan fingerprint density at radius 3 is 2.00 bits per heavy atom. The third-order valence-corrected chi connectivity index (χ3v) is 4.14. The summed E-state index contributed by atoms with van der Waals surface area (Å²) in [4.78, 5) is 11.5. The van der Waals surface area contributed by atoms with Crippen LogP contribution in [0.3, 0.4) is 0 Å². The Labute approximate surface area is 169 Å². The highest BCUT2D eigenvalue weighted by atomic mass is 127. The van der Waals surface area contributed by atoms with E-state index in [0.717, 1.165) is 18.2 Å². The van der Waals surface area contributed by atoms with Gasteiger partial charge in [-0.25, -0.2) is 4.39 Å². The largest absolute Gasteiger partial charge is 0.484 e. The molecule has 0 saturated heterocycles. The molecule has 0 radical (unpaired) electrons. The number of amides is 1. The van der Waals surface area contributed by atoms with Crippen LogP contribution in [0.25, 0.3) is 0 Å². The summed E-state index contributed by atoms with van der Waals surface area (Å²) in [6, 6.07) is 3.01. The summed E-state index contributed by atoms with van der Waals surface area (Å²) in [6.45, 7) is 1.27. The van der Waals surface area contributed by atoms with Crippen molar-refractivity contribution in [3.05, 3.63) is 51.4 Å². The number of hydrogen-bond acceptors (Lipinski definition) is 2. The van der Waals surface area contributed by atoms with E-state index in [9.17, 15) is 35.5 Å². The highest BCUT2D eigenvalue weighted by Crippen LogP contribution is 2.46. The third-order valence-electron chi connectivity index (χ3n) is 3.47. The Hall–Kier alpha value is -1.79. The van der Waals surface area contributed by atoms with E-state index in [4.69, 9.17) is 4.74 Å². The number of alkyl halides is 6. The minimum absolute atomic E-state index is 0.00425. The smallest absolute Gasteiger partial charge is 0.404 e. The van der Waals surface area contributed by atoms with E-state index in [1.54, 1.807) is 22.6 Å². The van der Waals surface area contributed by atoms with Crippen LogP contribution in [0.4, 0.5) is 30.7 Å². The van der Waals surface area contributed by atoms with Crippen molar-refractivity contribution in [2.75, 3.05) is 7.05 Å². The molecule has 0 aromatic heterocycles. The topological polar surface area (TPSA) is 38.3 Å². The van der Waals surface area contributed by atoms with E-state index in [1.165, 1.54) is 18.1 Å². The first-order valence-corrected chi connectivity index (χ1v) is 8.85. The van der Waals surface area contributed by atoms with Crippen LogP contribution in [-0.4, -0.2) is 31.4 Å². The average Bonchev–Trinajstić information content (AvgIpc) is 2.57. The molecule has 28 heavy (non-hydrogen) atoms. The number of nitrogens with one attached hydrogen (secondary N) is 1. The monoisotopic (exact) mass is 525 g/mol. The van der Waals surface area contributed by atoms with Gasteiger partial charge < -0.3 is 10.1 Å². The van der Waals surface area contributed by atoms with Crippen LogP contribution in [-0.2, 0) is 4.79 Å². The lowest BCUT2D eigenvalue weighted by atomic mass is 9.98. The molecule has 156 valence electrons. The first kappa shape index (κ1) is 24.2. The maximum absolute atomic E-state index is 14.2. The van der Waals surface area contributed by atoms with E-state index in [0.29, 0.717) is 12.1 Å². The lowest BCUT2D eigenvalue weighted by molar-refractivity contribution is -0.253. The van der Waals surface area contributed by atoms with E-state index in [-0.39, 0.29) is 11.3 Å². The van der Waals surface area contributed by atoms with Crippen molar-refractivity contribution in [3.8, 4) is 5.75 Å². The Morgan fingerprint density at radius 2 is 1.61 bits per heavy atom. The fraction of sp³-hybridized carbons (Fsp3) is 0.353. The van der Waals surface area contributed by atoms with Crippen LogP contribution in [0.5, 0.6) is 5.75 Å². The molecular formula is C17H15F7INO2. The zero-order chi connectivity index (χ0) is 21.7. The summed E-state index contributed by atoms with van der Waals surface area (Å²) in [5.41, 5.74) is -1.00. The molecule has 1 amide bonds. The Kier molecular flexibility index (Phi) is 8.32. The predicted molar refractivity (Wildman–Crippen MR) is 96.7 cm³/mol. The summed E-state index contributed by atoms with van der Waals surface area (Å²) in [5, 5.41) is 2.30. The Morgan fingerprint density at radius 1 is 1.11 bits per heavy atom. The number of benzene rings is 1. The summed E-state index contributed by atoms with van der Waals surface area (Å²) in [7, 11) is 1.35. The van der Waals surface area contributed by atoms with Gasteiger partial charge in [0.05, 0.1) is 0 Å². The molecule has 0 aliphatic heterocycles. The molecule has 0 bridgehead atoms. The third kappa shape index (κ3) is 6.67. The molecule has 1 unspecified atom stereocenters. The van der Waals surface area contributed by atoms with E-state index < -0.39 is 41.7 Å². The van der Waals surface area contributed by atoms with Crippen LogP contribution in [0, 0.1) is 0 Å². The van der Waals surface area contributed by atoms with Gasteiger partial charge in [-0.1, -0.05) is 34.7 Å². The lowest BCUT2D eigenvalue weighted by Gasteiger charge is -2.23. The van der Waals surface area contributed by atoms with Gasteiger partial charge in [-0.3, -0.25) is 4.79 Å². The molecule has 0 heterocycles. The molecule has 1 atom stereocenters. The number of carbonyl (C=O) groups is 1. The summed E-state index contributed by atoms with van der Waals surface area (Å²) in [5.74, 6) is -5.18. The van der Waals surface area contributed by atoms with E-state index >= 15 is 0 Å².